The normalized spacial score (nSPS) is 11.4. The van der Waals surface area contributed by atoms with E-state index in [1.54, 1.807) is 49.6 Å². The van der Waals surface area contributed by atoms with E-state index in [0.717, 1.165) is 5.56 Å². The molecule has 0 spiro atoms. The molecule has 0 bridgehead atoms. The summed E-state index contributed by atoms with van der Waals surface area (Å²) in [6, 6.07) is 17.8. The highest BCUT2D eigenvalue weighted by Gasteiger charge is 2.22. The van der Waals surface area contributed by atoms with Gasteiger partial charge in [0.15, 0.2) is 5.78 Å². The van der Waals surface area contributed by atoms with Crippen molar-refractivity contribution in [2.45, 2.75) is 24.7 Å². The summed E-state index contributed by atoms with van der Waals surface area (Å²) in [6.45, 7) is 3.91. The number of ether oxygens (including phenoxy) is 1. The molecular weight excluding hydrogens is 422 g/mol. The topological polar surface area (TPSA) is 72.5 Å². The van der Waals surface area contributed by atoms with Crippen LogP contribution in [0.15, 0.2) is 71.6 Å². The molecule has 0 amide bonds. The van der Waals surface area contributed by atoms with Crippen LogP contribution in [-0.2, 0) is 10.0 Å². The summed E-state index contributed by atoms with van der Waals surface area (Å²) in [7, 11) is -2.40. The molecule has 7 heteroatoms. The van der Waals surface area contributed by atoms with Crippen LogP contribution in [0.1, 0.15) is 41.3 Å². The van der Waals surface area contributed by atoms with Crippen LogP contribution in [0.25, 0.3) is 0 Å². The molecule has 1 N–H and O–H groups in total. The number of methoxy groups -OCH3 is 1. The maximum atomic E-state index is 13.1. The molecular formula is C23H22ClNO4S. The molecule has 0 radical (unpaired) electrons. The van der Waals surface area contributed by atoms with Crippen molar-refractivity contribution in [2.75, 3.05) is 11.8 Å². The molecule has 5 nitrogen and oxygen atoms in total. The Hall–Kier alpha value is -2.83. The first-order valence-electron chi connectivity index (χ1n) is 9.33. The Balaban J connectivity index is 2.02. The van der Waals surface area contributed by atoms with Gasteiger partial charge < -0.3 is 4.74 Å². The zero-order chi connectivity index (χ0) is 21.9. The molecule has 156 valence electrons. The fraction of sp³-hybridized carbons (Fsp3) is 0.174. The second kappa shape index (κ2) is 8.90. The van der Waals surface area contributed by atoms with Gasteiger partial charge in [0.05, 0.1) is 17.7 Å². The molecule has 0 unspecified atom stereocenters. The summed E-state index contributed by atoms with van der Waals surface area (Å²) in [5.41, 5.74) is 1.55. The number of carbonyl (C=O) groups excluding carboxylic acids is 1. The van der Waals surface area contributed by atoms with Crippen molar-refractivity contribution in [1.82, 2.24) is 0 Å². The first-order chi connectivity index (χ1) is 14.2. The number of sulfonamides is 1. The lowest BCUT2D eigenvalue weighted by Gasteiger charge is -2.16. The number of carbonyl (C=O) groups is 1. The molecule has 0 aliphatic carbocycles. The van der Waals surface area contributed by atoms with Gasteiger partial charge in [-0.05, 0) is 47.9 Å². The Kier molecular flexibility index (Phi) is 6.48. The summed E-state index contributed by atoms with van der Waals surface area (Å²) in [6.07, 6.45) is 0. The van der Waals surface area contributed by atoms with E-state index in [1.165, 1.54) is 24.3 Å². The van der Waals surface area contributed by atoms with Crippen molar-refractivity contribution in [3.63, 3.8) is 0 Å². The van der Waals surface area contributed by atoms with E-state index in [-0.39, 0.29) is 27.8 Å². The van der Waals surface area contributed by atoms with E-state index < -0.39 is 10.0 Å². The highest BCUT2D eigenvalue weighted by molar-refractivity contribution is 7.92. The van der Waals surface area contributed by atoms with E-state index in [2.05, 4.69) is 4.72 Å². The van der Waals surface area contributed by atoms with Crippen molar-refractivity contribution in [3.8, 4) is 5.75 Å². The standard InChI is InChI=1S/C23H22ClNO4S/c1-15(2)19-14-18(10-12-22(19)29-3)30(27,28)25-21-11-9-17(24)13-20(21)23(26)16-7-5-4-6-8-16/h4-15,25H,1-3H3. The van der Waals surface area contributed by atoms with Crippen LogP contribution in [0, 0.1) is 0 Å². The molecule has 3 aromatic rings. The molecule has 0 heterocycles. The van der Waals surface area contributed by atoms with Crippen molar-refractivity contribution in [3.05, 3.63) is 88.4 Å². The maximum Gasteiger partial charge on any atom is 0.261 e. The van der Waals surface area contributed by atoms with Crippen LogP contribution in [0.2, 0.25) is 5.02 Å². The molecule has 0 saturated heterocycles. The fourth-order valence-electron chi connectivity index (χ4n) is 3.07. The third-order valence-corrected chi connectivity index (χ3v) is 6.24. The molecule has 3 aromatic carbocycles. The lowest BCUT2D eigenvalue weighted by atomic mass is 10.0. The van der Waals surface area contributed by atoms with Crippen molar-refractivity contribution in [2.24, 2.45) is 0 Å². The van der Waals surface area contributed by atoms with Gasteiger partial charge in [0.1, 0.15) is 5.75 Å². The summed E-state index contributed by atoms with van der Waals surface area (Å²) >= 11 is 6.08. The van der Waals surface area contributed by atoms with Gasteiger partial charge in [0, 0.05) is 16.1 Å². The molecule has 0 aliphatic heterocycles. The van der Waals surface area contributed by atoms with Crippen molar-refractivity contribution >= 4 is 33.1 Å². The highest BCUT2D eigenvalue weighted by atomic mass is 35.5. The Morgan fingerprint density at radius 3 is 2.33 bits per heavy atom. The number of benzene rings is 3. The smallest absolute Gasteiger partial charge is 0.261 e. The molecule has 0 atom stereocenters. The number of hydrogen-bond acceptors (Lipinski definition) is 4. The number of ketones is 1. The Labute approximate surface area is 181 Å². The van der Waals surface area contributed by atoms with Crippen LogP contribution in [-0.4, -0.2) is 21.3 Å². The summed E-state index contributed by atoms with van der Waals surface area (Å²) in [4.78, 5) is 13.0. The molecule has 3 rings (SSSR count). The number of rotatable bonds is 7. The molecule has 0 fully saturated rings. The Morgan fingerprint density at radius 1 is 1.00 bits per heavy atom. The molecule has 0 saturated carbocycles. The summed E-state index contributed by atoms with van der Waals surface area (Å²) in [5.74, 6) is 0.365. The second-order valence-electron chi connectivity index (χ2n) is 7.05. The molecule has 30 heavy (non-hydrogen) atoms. The van der Waals surface area contributed by atoms with E-state index >= 15 is 0 Å². The van der Waals surface area contributed by atoms with E-state index in [0.29, 0.717) is 16.3 Å². The zero-order valence-electron chi connectivity index (χ0n) is 16.8. The van der Waals surface area contributed by atoms with Gasteiger partial charge >= 0.3 is 0 Å². The van der Waals surface area contributed by atoms with E-state index in [1.807, 2.05) is 13.8 Å². The Morgan fingerprint density at radius 2 is 1.70 bits per heavy atom. The van der Waals surface area contributed by atoms with Crippen molar-refractivity contribution in [1.29, 1.82) is 0 Å². The average Bonchev–Trinajstić information content (AvgIpc) is 2.74. The van der Waals surface area contributed by atoms with Crippen LogP contribution in [0.3, 0.4) is 0 Å². The van der Waals surface area contributed by atoms with Crippen LogP contribution in [0.4, 0.5) is 5.69 Å². The predicted molar refractivity (Wildman–Crippen MR) is 119 cm³/mol. The minimum atomic E-state index is -3.95. The van der Waals surface area contributed by atoms with Gasteiger partial charge in [-0.1, -0.05) is 55.8 Å². The quantitative estimate of drug-likeness (QED) is 0.489. The SMILES string of the molecule is COc1ccc(S(=O)(=O)Nc2ccc(Cl)cc2C(=O)c2ccccc2)cc1C(C)C. The van der Waals surface area contributed by atoms with Gasteiger partial charge in [-0.3, -0.25) is 9.52 Å². The second-order valence-corrected chi connectivity index (χ2v) is 9.17. The molecule has 0 aromatic heterocycles. The largest absolute Gasteiger partial charge is 0.496 e. The third kappa shape index (κ3) is 4.66. The fourth-order valence-corrected chi connectivity index (χ4v) is 4.36. The van der Waals surface area contributed by atoms with Gasteiger partial charge in [-0.2, -0.15) is 0 Å². The first kappa shape index (κ1) is 21.9. The van der Waals surface area contributed by atoms with E-state index in [9.17, 15) is 13.2 Å². The van der Waals surface area contributed by atoms with Gasteiger partial charge in [0.2, 0.25) is 0 Å². The number of nitrogens with one attached hydrogen (secondary N) is 1. The maximum absolute atomic E-state index is 13.1. The van der Waals surface area contributed by atoms with Gasteiger partial charge in [0.25, 0.3) is 10.0 Å². The minimum absolute atomic E-state index is 0.0702. The van der Waals surface area contributed by atoms with Crippen molar-refractivity contribution < 1.29 is 17.9 Å². The lowest BCUT2D eigenvalue weighted by Crippen LogP contribution is -2.16. The van der Waals surface area contributed by atoms with Crippen LogP contribution < -0.4 is 9.46 Å². The van der Waals surface area contributed by atoms with Crippen LogP contribution in [0.5, 0.6) is 5.75 Å². The molecule has 0 aliphatic rings. The van der Waals surface area contributed by atoms with Crippen LogP contribution >= 0.6 is 11.6 Å². The lowest BCUT2D eigenvalue weighted by molar-refractivity contribution is 0.103. The van der Waals surface area contributed by atoms with Gasteiger partial charge in [-0.15, -0.1) is 0 Å². The predicted octanol–water partition coefficient (Wildman–Crippen LogP) is 5.50. The minimum Gasteiger partial charge on any atom is -0.496 e. The number of hydrogen-bond donors (Lipinski definition) is 1. The average molecular weight is 444 g/mol. The monoisotopic (exact) mass is 443 g/mol. The highest BCUT2D eigenvalue weighted by Crippen LogP contribution is 2.31. The van der Waals surface area contributed by atoms with Gasteiger partial charge in [-0.25, -0.2) is 8.42 Å². The third-order valence-electron chi connectivity index (χ3n) is 4.64. The van der Waals surface area contributed by atoms with E-state index in [4.69, 9.17) is 16.3 Å². The zero-order valence-corrected chi connectivity index (χ0v) is 18.4. The Bertz CT molecular complexity index is 1180. The summed E-state index contributed by atoms with van der Waals surface area (Å²) < 4.78 is 34.0. The summed E-state index contributed by atoms with van der Waals surface area (Å²) in [5, 5.41) is 0.337. The number of halogens is 1. The number of anilines is 1. The first-order valence-corrected chi connectivity index (χ1v) is 11.2.